The minimum Gasteiger partial charge on any atom is -0.456 e. The first kappa shape index (κ1) is 30.7. The summed E-state index contributed by atoms with van der Waals surface area (Å²) in [6.07, 6.45) is 4.20. The first-order chi connectivity index (χ1) is 26.2. The van der Waals surface area contributed by atoms with E-state index < -0.39 is 0 Å². The van der Waals surface area contributed by atoms with Crippen LogP contribution in [0.3, 0.4) is 0 Å². The molecule has 10 rings (SSSR count). The second-order valence-corrected chi connectivity index (χ2v) is 13.1. The number of nitrogens with zero attached hydrogens (tertiary/aromatic N) is 3. The van der Waals surface area contributed by atoms with Gasteiger partial charge in [-0.25, -0.2) is 15.0 Å². The lowest BCUT2D eigenvalue weighted by Crippen LogP contribution is -2.00. The molecule has 10 aromatic rings. The number of aromatic nitrogens is 3. The van der Waals surface area contributed by atoms with Crippen molar-refractivity contribution in [1.82, 2.24) is 15.0 Å². The fourth-order valence-corrected chi connectivity index (χ4v) is 7.47. The topological polar surface area (TPSA) is 65.0 Å². The molecule has 0 atom stereocenters. The van der Waals surface area contributed by atoms with E-state index in [2.05, 4.69) is 97.1 Å². The smallest absolute Gasteiger partial charge is 0.164 e. The molecule has 0 aliphatic rings. The van der Waals surface area contributed by atoms with Gasteiger partial charge in [-0.3, -0.25) is 0 Å². The number of para-hydroxylation sites is 2. The van der Waals surface area contributed by atoms with E-state index in [0.29, 0.717) is 17.5 Å². The highest BCUT2D eigenvalue weighted by Crippen LogP contribution is 2.43. The molecule has 5 heteroatoms. The monoisotopic (exact) mass is 681 g/mol. The molecule has 0 aliphatic heterocycles. The Bertz CT molecular complexity index is 3010. The lowest BCUT2D eigenvalue weighted by Gasteiger charge is -2.10. The van der Waals surface area contributed by atoms with Gasteiger partial charge in [0.05, 0.1) is 0 Å². The van der Waals surface area contributed by atoms with Crippen LogP contribution in [-0.2, 0) is 0 Å². The third-order valence-corrected chi connectivity index (χ3v) is 9.88. The van der Waals surface area contributed by atoms with E-state index in [1.165, 1.54) is 11.1 Å². The van der Waals surface area contributed by atoms with Gasteiger partial charge in [0.15, 0.2) is 17.5 Å². The van der Waals surface area contributed by atoms with E-state index in [-0.39, 0.29) is 0 Å². The van der Waals surface area contributed by atoms with E-state index in [1.54, 1.807) is 0 Å². The average molecular weight is 682 g/mol. The van der Waals surface area contributed by atoms with Crippen LogP contribution < -0.4 is 0 Å². The van der Waals surface area contributed by atoms with Crippen molar-refractivity contribution in [3.8, 4) is 56.4 Å². The SMILES string of the molecule is C/C=C\c1ccccc1-c1ccc(-c2nc(-c3ccccc3)nc(-c3cccc4oc5c(-c6cccc7oc8ccccc8c67)cccc5c34)n2)cc1. The average Bonchev–Trinajstić information content (AvgIpc) is 3.80. The lowest BCUT2D eigenvalue weighted by molar-refractivity contribution is 0.668. The molecule has 3 heterocycles. The lowest BCUT2D eigenvalue weighted by atomic mass is 9.97. The van der Waals surface area contributed by atoms with Crippen LogP contribution in [0.2, 0.25) is 0 Å². The molecule has 0 saturated heterocycles. The van der Waals surface area contributed by atoms with E-state index >= 15 is 0 Å². The van der Waals surface area contributed by atoms with Crippen molar-refractivity contribution in [2.75, 3.05) is 0 Å². The van der Waals surface area contributed by atoms with Crippen molar-refractivity contribution in [2.45, 2.75) is 6.92 Å². The number of hydrogen-bond donors (Lipinski definition) is 0. The van der Waals surface area contributed by atoms with Crippen LogP contribution in [0, 0.1) is 0 Å². The van der Waals surface area contributed by atoms with Crippen molar-refractivity contribution in [1.29, 1.82) is 0 Å². The molecule has 0 aliphatic carbocycles. The number of hydrogen-bond acceptors (Lipinski definition) is 5. The Morgan fingerprint density at radius 1 is 0.396 bits per heavy atom. The predicted molar refractivity (Wildman–Crippen MR) is 216 cm³/mol. The van der Waals surface area contributed by atoms with Gasteiger partial charge in [0.2, 0.25) is 0 Å². The van der Waals surface area contributed by atoms with Gasteiger partial charge in [0.25, 0.3) is 0 Å². The van der Waals surface area contributed by atoms with Crippen LogP contribution in [-0.4, -0.2) is 15.0 Å². The molecule has 0 radical (unpaired) electrons. The normalized spacial score (nSPS) is 11.8. The van der Waals surface area contributed by atoms with Crippen LogP contribution in [0.1, 0.15) is 12.5 Å². The molecular weight excluding hydrogens is 651 g/mol. The van der Waals surface area contributed by atoms with Gasteiger partial charge in [-0.2, -0.15) is 0 Å². The highest BCUT2D eigenvalue weighted by atomic mass is 16.3. The van der Waals surface area contributed by atoms with Gasteiger partial charge in [-0.1, -0.05) is 152 Å². The number of rotatable bonds is 6. The maximum absolute atomic E-state index is 6.74. The zero-order chi connectivity index (χ0) is 35.3. The summed E-state index contributed by atoms with van der Waals surface area (Å²) < 4.78 is 13.0. The summed E-state index contributed by atoms with van der Waals surface area (Å²) in [5.41, 5.74) is 11.5. The Hall–Kier alpha value is -7.11. The summed E-state index contributed by atoms with van der Waals surface area (Å²) in [6.45, 7) is 2.04. The first-order valence-corrected chi connectivity index (χ1v) is 17.7. The Morgan fingerprint density at radius 2 is 0.943 bits per heavy atom. The van der Waals surface area contributed by atoms with E-state index in [4.69, 9.17) is 23.8 Å². The molecule has 53 heavy (non-hydrogen) atoms. The van der Waals surface area contributed by atoms with Crippen LogP contribution >= 0.6 is 0 Å². The first-order valence-electron chi connectivity index (χ1n) is 17.7. The van der Waals surface area contributed by atoms with Gasteiger partial charge < -0.3 is 8.83 Å². The van der Waals surface area contributed by atoms with Crippen molar-refractivity contribution >= 4 is 50.0 Å². The maximum Gasteiger partial charge on any atom is 0.164 e. The molecule has 3 aromatic heterocycles. The molecule has 5 nitrogen and oxygen atoms in total. The Balaban J connectivity index is 1.15. The van der Waals surface area contributed by atoms with Gasteiger partial charge in [0.1, 0.15) is 22.3 Å². The summed E-state index contributed by atoms with van der Waals surface area (Å²) >= 11 is 0. The van der Waals surface area contributed by atoms with Crippen molar-refractivity contribution < 1.29 is 8.83 Å². The minimum atomic E-state index is 0.581. The highest BCUT2D eigenvalue weighted by molar-refractivity contribution is 6.19. The predicted octanol–water partition coefficient (Wildman–Crippen LogP) is 13.0. The number of furan rings is 2. The van der Waals surface area contributed by atoms with E-state index in [1.807, 2.05) is 79.7 Å². The van der Waals surface area contributed by atoms with Crippen molar-refractivity contribution in [3.63, 3.8) is 0 Å². The molecule has 0 amide bonds. The Kier molecular flexibility index (Phi) is 7.29. The number of allylic oxidation sites excluding steroid dienone is 1. The third-order valence-electron chi connectivity index (χ3n) is 9.88. The molecule has 0 spiro atoms. The summed E-state index contributed by atoms with van der Waals surface area (Å²) in [7, 11) is 0. The second kappa shape index (κ2) is 12.6. The summed E-state index contributed by atoms with van der Waals surface area (Å²) in [6, 6.07) is 53.8. The maximum atomic E-state index is 6.74. The Morgan fingerprint density at radius 3 is 1.75 bits per heavy atom. The zero-order valence-electron chi connectivity index (χ0n) is 28.8. The summed E-state index contributed by atoms with van der Waals surface area (Å²) in [4.78, 5) is 15.3. The van der Waals surface area contributed by atoms with E-state index in [9.17, 15) is 0 Å². The highest BCUT2D eigenvalue weighted by Gasteiger charge is 2.21. The Labute approximate surface area is 305 Å². The molecule has 250 valence electrons. The van der Waals surface area contributed by atoms with Crippen LogP contribution in [0.4, 0.5) is 0 Å². The molecule has 0 unspecified atom stereocenters. The van der Waals surface area contributed by atoms with E-state index in [0.717, 1.165) is 77.3 Å². The molecule has 0 fully saturated rings. The molecule has 0 bridgehead atoms. The minimum absolute atomic E-state index is 0.581. The quantitative estimate of drug-likeness (QED) is 0.175. The number of benzene rings is 7. The van der Waals surface area contributed by atoms with Crippen LogP contribution in [0.25, 0.3) is 106 Å². The van der Waals surface area contributed by atoms with Crippen LogP contribution in [0.15, 0.2) is 173 Å². The van der Waals surface area contributed by atoms with Crippen LogP contribution in [0.5, 0.6) is 0 Å². The summed E-state index contributed by atoms with van der Waals surface area (Å²) in [5.74, 6) is 1.79. The standard InChI is InChI=1S/C48H31N3O2/c1-2-13-30-14-6-7-17-34(30)31-26-28-33(29-27-31)47-49-46(32-15-4-3-5-16-32)50-48(51-47)39-22-12-25-42-44(39)38-21-10-20-36(45(38)53-42)35-19-11-24-41-43(35)37-18-8-9-23-40(37)52-41/h2-29H,1H3/b13-2-. The van der Waals surface area contributed by atoms with Gasteiger partial charge in [-0.15, -0.1) is 0 Å². The summed E-state index contributed by atoms with van der Waals surface area (Å²) in [5, 5.41) is 4.10. The fourth-order valence-electron chi connectivity index (χ4n) is 7.47. The zero-order valence-corrected chi connectivity index (χ0v) is 28.8. The van der Waals surface area contributed by atoms with Crippen molar-refractivity contribution in [3.05, 3.63) is 169 Å². The molecule has 0 saturated carbocycles. The van der Waals surface area contributed by atoms with Crippen molar-refractivity contribution in [2.24, 2.45) is 0 Å². The fraction of sp³-hybridized carbons (Fsp3) is 0.0208. The molecule has 0 N–H and O–H groups in total. The second-order valence-electron chi connectivity index (χ2n) is 13.1. The largest absolute Gasteiger partial charge is 0.456 e. The van der Waals surface area contributed by atoms with Gasteiger partial charge in [-0.05, 0) is 47.4 Å². The molecule has 7 aromatic carbocycles. The van der Waals surface area contributed by atoms with Gasteiger partial charge >= 0.3 is 0 Å². The number of fused-ring (bicyclic) bond motifs is 6. The van der Waals surface area contributed by atoms with Gasteiger partial charge in [0, 0.05) is 43.8 Å². The third kappa shape index (κ3) is 5.21. The molecular formula is C48H31N3O2.